The molecule has 0 spiro atoms. The van der Waals surface area contributed by atoms with Gasteiger partial charge in [-0.2, -0.15) is 0 Å². The molecule has 0 aromatic rings. The van der Waals surface area contributed by atoms with E-state index in [0.717, 1.165) is 24.1 Å². The predicted molar refractivity (Wildman–Crippen MR) is 143 cm³/mol. The molecule has 0 saturated heterocycles. The number of nitrogens with two attached hydrogens (primary N) is 1. The van der Waals surface area contributed by atoms with Crippen molar-refractivity contribution in [3.05, 3.63) is 83.7 Å². The van der Waals surface area contributed by atoms with Crippen molar-refractivity contribution in [2.24, 2.45) is 45.7 Å². The summed E-state index contributed by atoms with van der Waals surface area (Å²) in [5, 5.41) is 0. The van der Waals surface area contributed by atoms with Gasteiger partial charge in [-0.05, 0) is 72.8 Å². The van der Waals surface area contributed by atoms with E-state index in [1.807, 2.05) is 12.3 Å². The molecule has 0 radical (unpaired) electrons. The van der Waals surface area contributed by atoms with Crippen LogP contribution in [-0.2, 0) is 0 Å². The Morgan fingerprint density at radius 1 is 1.09 bits per heavy atom. The largest absolute Gasteiger partial charge is 0.398 e. The number of rotatable bonds is 5. The summed E-state index contributed by atoms with van der Waals surface area (Å²) in [7, 11) is 0. The van der Waals surface area contributed by atoms with Crippen molar-refractivity contribution in [1.82, 2.24) is 0 Å². The number of allylic oxidation sites excluding steroid dienone is 11. The summed E-state index contributed by atoms with van der Waals surface area (Å²) in [6.45, 7) is 9.51. The third-order valence-electron chi connectivity index (χ3n) is 8.47. The van der Waals surface area contributed by atoms with Gasteiger partial charge in [0.05, 0.1) is 6.04 Å². The van der Waals surface area contributed by atoms with Gasteiger partial charge in [0.2, 0.25) is 0 Å². The highest BCUT2D eigenvalue weighted by Gasteiger charge is 2.42. The Labute approximate surface area is 201 Å². The van der Waals surface area contributed by atoms with Gasteiger partial charge in [0.15, 0.2) is 0 Å². The van der Waals surface area contributed by atoms with E-state index in [1.165, 1.54) is 24.8 Å². The summed E-state index contributed by atoms with van der Waals surface area (Å²) in [5.74, 6) is 2.76. The van der Waals surface area contributed by atoms with Gasteiger partial charge in [-0.25, -0.2) is 0 Å². The maximum atomic E-state index is 6.51. The van der Waals surface area contributed by atoms with Crippen LogP contribution in [0.3, 0.4) is 0 Å². The normalized spacial score (nSPS) is 39.1. The predicted octanol–water partition coefficient (Wildman–Crippen LogP) is 7.50. The average Bonchev–Trinajstić information content (AvgIpc) is 2.80. The standard InChI is InChI=1S/C31H42N2/c1-22-11-6-7-13-26(22)27-16-15-25(21-24(27)3)28(32)17-20-33-29-14-10-12-23(2)30(29)31(4)18-8-5-9-19-31/h5-8,10,13-17,20-24,27,29-30H,9,11-12,18-19,32H2,1-4H3. The third-order valence-corrected chi connectivity index (χ3v) is 8.47. The van der Waals surface area contributed by atoms with Crippen LogP contribution in [0.4, 0.5) is 0 Å². The van der Waals surface area contributed by atoms with Crippen LogP contribution < -0.4 is 5.73 Å². The van der Waals surface area contributed by atoms with Crippen LogP contribution in [0.25, 0.3) is 0 Å². The Hall–Kier alpha value is -2.35. The van der Waals surface area contributed by atoms with Crippen molar-refractivity contribution < 1.29 is 0 Å². The first-order chi connectivity index (χ1) is 15.9. The fourth-order valence-corrected chi connectivity index (χ4v) is 6.52. The summed E-state index contributed by atoms with van der Waals surface area (Å²) >= 11 is 0. The Morgan fingerprint density at radius 2 is 1.94 bits per heavy atom. The lowest BCUT2D eigenvalue weighted by atomic mass is 9.60. The smallest absolute Gasteiger partial charge is 0.0715 e. The average molecular weight is 443 g/mol. The second-order valence-corrected chi connectivity index (χ2v) is 11.0. The molecule has 4 aliphatic carbocycles. The molecular formula is C31H42N2. The first kappa shape index (κ1) is 23.8. The summed E-state index contributed by atoms with van der Waals surface area (Å²) in [4.78, 5) is 5.03. The van der Waals surface area contributed by atoms with E-state index in [9.17, 15) is 0 Å². The van der Waals surface area contributed by atoms with Gasteiger partial charge >= 0.3 is 0 Å². The lowest BCUT2D eigenvalue weighted by Crippen LogP contribution is -2.41. The lowest BCUT2D eigenvalue weighted by molar-refractivity contribution is 0.0961. The summed E-state index contributed by atoms with van der Waals surface area (Å²) < 4.78 is 0. The third kappa shape index (κ3) is 5.26. The Morgan fingerprint density at radius 3 is 2.67 bits per heavy atom. The Bertz CT molecular complexity index is 953. The van der Waals surface area contributed by atoms with E-state index in [2.05, 4.69) is 88.5 Å². The van der Waals surface area contributed by atoms with Crippen molar-refractivity contribution in [2.45, 2.75) is 65.8 Å². The van der Waals surface area contributed by atoms with Crippen LogP contribution in [0.5, 0.6) is 0 Å². The molecule has 7 atom stereocenters. The van der Waals surface area contributed by atoms with E-state index in [0.29, 0.717) is 35.0 Å². The van der Waals surface area contributed by atoms with Crippen LogP contribution in [-0.4, -0.2) is 12.3 Å². The zero-order valence-corrected chi connectivity index (χ0v) is 21.0. The molecule has 4 rings (SSSR count). The monoisotopic (exact) mass is 442 g/mol. The molecule has 0 amide bonds. The quantitative estimate of drug-likeness (QED) is 0.347. The minimum absolute atomic E-state index is 0.237. The molecule has 0 heterocycles. The topological polar surface area (TPSA) is 38.4 Å². The van der Waals surface area contributed by atoms with Crippen molar-refractivity contribution >= 4 is 6.21 Å². The fourth-order valence-electron chi connectivity index (χ4n) is 6.52. The van der Waals surface area contributed by atoms with Gasteiger partial charge in [-0.3, -0.25) is 4.99 Å². The second kappa shape index (κ2) is 10.3. The minimum Gasteiger partial charge on any atom is -0.398 e. The van der Waals surface area contributed by atoms with Gasteiger partial charge in [0, 0.05) is 17.8 Å². The van der Waals surface area contributed by atoms with Gasteiger partial charge in [-0.1, -0.05) is 94.0 Å². The van der Waals surface area contributed by atoms with Crippen LogP contribution in [0.1, 0.15) is 59.8 Å². The Kier molecular flexibility index (Phi) is 7.41. The molecule has 7 unspecified atom stereocenters. The fraction of sp³-hybridized carbons (Fsp3) is 0.516. The number of hydrogen-bond donors (Lipinski definition) is 1. The number of aliphatic imine (C=N–C) groups is 1. The molecule has 0 bridgehead atoms. The first-order valence-electron chi connectivity index (χ1n) is 13.0. The molecule has 176 valence electrons. The Balaban J connectivity index is 1.46. The summed E-state index contributed by atoms with van der Waals surface area (Å²) in [6.07, 6.45) is 32.9. The zero-order chi connectivity index (χ0) is 23.4. The first-order valence-corrected chi connectivity index (χ1v) is 13.0. The van der Waals surface area contributed by atoms with E-state index in [4.69, 9.17) is 10.7 Å². The van der Waals surface area contributed by atoms with Crippen LogP contribution in [0, 0.1) is 35.0 Å². The van der Waals surface area contributed by atoms with Crippen molar-refractivity contribution in [2.75, 3.05) is 0 Å². The van der Waals surface area contributed by atoms with E-state index in [1.54, 1.807) is 0 Å². The van der Waals surface area contributed by atoms with Crippen molar-refractivity contribution in [3.63, 3.8) is 0 Å². The molecule has 0 aromatic carbocycles. The molecule has 2 N–H and O–H groups in total. The summed E-state index contributed by atoms with van der Waals surface area (Å²) in [6, 6.07) is 0.237. The molecule has 2 heteroatoms. The van der Waals surface area contributed by atoms with E-state index >= 15 is 0 Å². The van der Waals surface area contributed by atoms with Crippen molar-refractivity contribution in [3.8, 4) is 0 Å². The van der Waals surface area contributed by atoms with Crippen LogP contribution >= 0.6 is 0 Å². The van der Waals surface area contributed by atoms with E-state index in [-0.39, 0.29) is 6.04 Å². The molecule has 0 saturated carbocycles. The van der Waals surface area contributed by atoms with Gasteiger partial charge in [0.25, 0.3) is 0 Å². The molecule has 0 aliphatic heterocycles. The van der Waals surface area contributed by atoms with Gasteiger partial charge in [0.1, 0.15) is 0 Å². The minimum atomic E-state index is 0.237. The molecule has 33 heavy (non-hydrogen) atoms. The molecule has 0 fully saturated rings. The van der Waals surface area contributed by atoms with Gasteiger partial charge < -0.3 is 5.73 Å². The SMILES string of the molecule is CC1CC=CC=C1C1C=CC(C(N)=CC=NC2C=CCC(C)C2C2(C)CC=CCC2)=CC1C. The van der Waals surface area contributed by atoms with E-state index < -0.39 is 0 Å². The van der Waals surface area contributed by atoms with Crippen LogP contribution in [0.2, 0.25) is 0 Å². The highest BCUT2D eigenvalue weighted by atomic mass is 14.8. The maximum absolute atomic E-state index is 6.51. The number of nitrogens with zero attached hydrogens (tertiary/aromatic N) is 1. The lowest BCUT2D eigenvalue weighted by Gasteiger charge is -2.45. The summed E-state index contributed by atoms with van der Waals surface area (Å²) in [5.41, 5.74) is 10.3. The van der Waals surface area contributed by atoms with Crippen LogP contribution in [0.15, 0.2) is 88.7 Å². The molecule has 4 aliphatic rings. The zero-order valence-electron chi connectivity index (χ0n) is 21.0. The van der Waals surface area contributed by atoms with Gasteiger partial charge in [-0.15, -0.1) is 0 Å². The highest BCUT2D eigenvalue weighted by molar-refractivity contribution is 5.74. The molecule has 2 nitrogen and oxygen atoms in total. The second-order valence-electron chi connectivity index (χ2n) is 11.0. The molecular weight excluding hydrogens is 400 g/mol. The van der Waals surface area contributed by atoms with Crippen molar-refractivity contribution in [1.29, 1.82) is 0 Å². The number of hydrogen-bond acceptors (Lipinski definition) is 2. The molecule has 0 aromatic heterocycles. The highest BCUT2D eigenvalue weighted by Crippen LogP contribution is 2.48. The maximum Gasteiger partial charge on any atom is 0.0715 e.